The van der Waals surface area contributed by atoms with E-state index in [0.717, 1.165) is 70.6 Å². The molecule has 0 heterocycles. The van der Waals surface area contributed by atoms with Gasteiger partial charge in [-0.3, -0.25) is 13.8 Å². The summed E-state index contributed by atoms with van der Waals surface area (Å²) in [7, 11) is -4.29. The van der Waals surface area contributed by atoms with Gasteiger partial charge < -0.3 is 20.1 Å². The number of phosphoric ester groups is 1. The van der Waals surface area contributed by atoms with Crippen molar-refractivity contribution < 1.29 is 32.8 Å². The average Bonchev–Trinajstić information content (AvgIpc) is 3.17. The maximum absolute atomic E-state index is 12.6. The molecule has 0 aromatic rings. The van der Waals surface area contributed by atoms with Gasteiger partial charge in [0.05, 0.1) is 19.8 Å². The highest BCUT2D eigenvalue weighted by molar-refractivity contribution is 7.47. The number of ether oxygens (including phenoxy) is 2. The van der Waals surface area contributed by atoms with Crippen LogP contribution in [0, 0.1) is 0 Å². The number of allylic oxidation sites excluding steroid dienone is 8. The van der Waals surface area contributed by atoms with Gasteiger partial charge in [-0.15, -0.1) is 0 Å². The summed E-state index contributed by atoms with van der Waals surface area (Å²) in [6.45, 7) is 4.75. The Morgan fingerprint density at radius 2 is 1.02 bits per heavy atom. The lowest BCUT2D eigenvalue weighted by molar-refractivity contribution is -0.154. The molecule has 2 atom stereocenters. The second-order valence-electron chi connectivity index (χ2n) is 14.9. The van der Waals surface area contributed by atoms with Crippen molar-refractivity contribution in [3.05, 3.63) is 48.6 Å². The van der Waals surface area contributed by atoms with Crippen molar-refractivity contribution in [1.82, 2.24) is 0 Å². The van der Waals surface area contributed by atoms with Crippen molar-refractivity contribution in [2.24, 2.45) is 5.73 Å². The average molecular weight is 796 g/mol. The highest BCUT2D eigenvalue weighted by Crippen LogP contribution is 2.43. The van der Waals surface area contributed by atoms with E-state index in [2.05, 4.69) is 62.5 Å². The third kappa shape index (κ3) is 43.4. The molecular formula is C46H86NO7P. The Morgan fingerprint density at radius 1 is 0.564 bits per heavy atom. The largest absolute Gasteiger partial charge is 0.472 e. The molecule has 0 radical (unpaired) electrons. The Morgan fingerprint density at radius 3 is 1.51 bits per heavy atom. The van der Waals surface area contributed by atoms with Crippen molar-refractivity contribution in [3.63, 3.8) is 0 Å². The molecule has 0 aromatic heterocycles. The van der Waals surface area contributed by atoms with E-state index in [1.807, 2.05) is 0 Å². The Hall–Kier alpha value is -1.54. The summed E-state index contributed by atoms with van der Waals surface area (Å²) >= 11 is 0. The van der Waals surface area contributed by atoms with Crippen molar-refractivity contribution in [2.45, 2.75) is 206 Å². The molecule has 0 aromatic carbocycles. The van der Waals surface area contributed by atoms with Crippen LogP contribution in [0.3, 0.4) is 0 Å². The van der Waals surface area contributed by atoms with Crippen LogP contribution in [0.15, 0.2) is 48.6 Å². The summed E-state index contributed by atoms with van der Waals surface area (Å²) in [4.78, 5) is 22.5. The number of carbonyl (C=O) groups is 1. The minimum absolute atomic E-state index is 0.0944. The van der Waals surface area contributed by atoms with Crippen LogP contribution in [0.2, 0.25) is 0 Å². The molecule has 8 nitrogen and oxygen atoms in total. The number of carbonyl (C=O) groups excluding carboxylic acids is 1. The Balaban J connectivity index is 4.02. The summed E-state index contributed by atoms with van der Waals surface area (Å²) in [5.74, 6) is -0.340. The molecule has 55 heavy (non-hydrogen) atoms. The van der Waals surface area contributed by atoms with Gasteiger partial charge in [-0.2, -0.15) is 0 Å². The predicted octanol–water partition coefficient (Wildman–Crippen LogP) is 13.6. The first-order chi connectivity index (χ1) is 26.9. The van der Waals surface area contributed by atoms with Crippen molar-refractivity contribution >= 4 is 13.8 Å². The molecule has 0 aliphatic carbocycles. The van der Waals surface area contributed by atoms with E-state index in [1.54, 1.807) is 0 Å². The summed E-state index contributed by atoms with van der Waals surface area (Å²) in [5, 5.41) is 0. The van der Waals surface area contributed by atoms with E-state index in [0.29, 0.717) is 13.0 Å². The van der Waals surface area contributed by atoms with E-state index in [-0.39, 0.29) is 32.3 Å². The predicted molar refractivity (Wildman–Crippen MR) is 233 cm³/mol. The maximum atomic E-state index is 12.6. The number of hydrogen-bond donors (Lipinski definition) is 2. The smallest absolute Gasteiger partial charge is 0.457 e. The van der Waals surface area contributed by atoms with Gasteiger partial charge in [0.1, 0.15) is 6.10 Å². The Labute approximate surface area is 339 Å². The van der Waals surface area contributed by atoms with Gasteiger partial charge >= 0.3 is 13.8 Å². The number of esters is 1. The van der Waals surface area contributed by atoms with Crippen LogP contribution >= 0.6 is 7.82 Å². The van der Waals surface area contributed by atoms with Gasteiger partial charge in [-0.1, -0.05) is 191 Å². The zero-order chi connectivity index (χ0) is 40.2. The van der Waals surface area contributed by atoms with E-state index in [4.69, 9.17) is 24.3 Å². The summed E-state index contributed by atoms with van der Waals surface area (Å²) in [6.07, 6.45) is 51.4. The summed E-state index contributed by atoms with van der Waals surface area (Å²) in [5.41, 5.74) is 5.37. The molecule has 3 N–H and O–H groups in total. The van der Waals surface area contributed by atoms with Crippen molar-refractivity contribution in [1.29, 1.82) is 0 Å². The fraction of sp³-hybridized carbons (Fsp3) is 0.804. The van der Waals surface area contributed by atoms with Gasteiger partial charge in [-0.25, -0.2) is 4.57 Å². The number of unbranched alkanes of at least 4 members (excludes halogenated alkanes) is 22. The summed E-state index contributed by atoms with van der Waals surface area (Å²) in [6, 6.07) is 0. The first-order valence-electron chi connectivity index (χ1n) is 22.6. The molecule has 0 spiro atoms. The van der Waals surface area contributed by atoms with E-state index < -0.39 is 13.9 Å². The van der Waals surface area contributed by atoms with Crippen LogP contribution in [0.5, 0.6) is 0 Å². The fourth-order valence-corrected chi connectivity index (χ4v) is 6.99. The molecule has 0 bridgehead atoms. The number of nitrogens with two attached hydrogens (primary N) is 1. The minimum atomic E-state index is -4.29. The molecule has 9 heteroatoms. The molecule has 0 amide bonds. The van der Waals surface area contributed by atoms with Gasteiger partial charge in [0.15, 0.2) is 0 Å². The standard InChI is InChI=1S/C46H86NO7P/c1-3-5-7-9-11-13-15-17-19-21-22-23-24-25-27-29-31-33-35-37-39-46(48)54-45(44-53-55(49,50)52-42-40-47)43-51-41-38-36-34-32-30-28-26-20-18-16-14-12-10-8-6-4-2/h6,8,12,14,18,20,28,30,45H,3-5,7,9-11,13,15-17,19,21-27,29,31-44,47H2,1-2H3,(H,49,50)/b8-6-,14-12-,20-18-,30-28-. The summed E-state index contributed by atoms with van der Waals surface area (Å²) < 4.78 is 33.4. The minimum Gasteiger partial charge on any atom is -0.457 e. The number of rotatable bonds is 43. The van der Waals surface area contributed by atoms with Crippen LogP contribution in [0.4, 0.5) is 0 Å². The Kier molecular flexibility index (Phi) is 42.4. The van der Waals surface area contributed by atoms with Crippen LogP contribution < -0.4 is 5.73 Å². The SMILES string of the molecule is CC/C=C\C/C=C\C/C=C\C/C=C\CCCCCOCC(COP(=O)(O)OCCN)OC(=O)CCCCCCCCCCCCCCCCCCCCCC. The third-order valence-electron chi connectivity index (χ3n) is 9.51. The van der Waals surface area contributed by atoms with E-state index >= 15 is 0 Å². The molecule has 0 aliphatic heterocycles. The topological polar surface area (TPSA) is 117 Å². The second kappa shape index (κ2) is 43.6. The molecule has 0 rings (SSSR count). The van der Waals surface area contributed by atoms with Crippen LogP contribution in [0.1, 0.15) is 200 Å². The quantitative estimate of drug-likeness (QED) is 0.0271. The molecule has 0 saturated carbocycles. The highest BCUT2D eigenvalue weighted by atomic mass is 31.2. The molecule has 2 unspecified atom stereocenters. The molecule has 0 fully saturated rings. The van der Waals surface area contributed by atoms with E-state index in [1.165, 1.54) is 109 Å². The van der Waals surface area contributed by atoms with Crippen LogP contribution in [-0.2, 0) is 27.9 Å². The fourth-order valence-electron chi connectivity index (χ4n) is 6.22. The molecule has 0 aliphatic rings. The molecular weight excluding hydrogens is 709 g/mol. The van der Waals surface area contributed by atoms with E-state index in [9.17, 15) is 14.3 Å². The lowest BCUT2D eigenvalue weighted by atomic mass is 10.0. The highest BCUT2D eigenvalue weighted by Gasteiger charge is 2.25. The zero-order valence-electron chi connectivity index (χ0n) is 35.7. The van der Waals surface area contributed by atoms with Gasteiger partial charge in [0, 0.05) is 19.6 Å². The van der Waals surface area contributed by atoms with Crippen LogP contribution in [-0.4, -0.2) is 49.9 Å². The number of hydrogen-bond acceptors (Lipinski definition) is 7. The Bertz CT molecular complexity index is 983. The first kappa shape index (κ1) is 53.5. The van der Waals surface area contributed by atoms with Gasteiger partial charge in [0.2, 0.25) is 0 Å². The molecule has 0 saturated heterocycles. The zero-order valence-corrected chi connectivity index (χ0v) is 36.6. The third-order valence-corrected chi connectivity index (χ3v) is 10.5. The normalized spacial score (nSPS) is 13.9. The number of phosphoric acid groups is 1. The lowest BCUT2D eigenvalue weighted by Gasteiger charge is -2.20. The van der Waals surface area contributed by atoms with Gasteiger partial charge in [0.25, 0.3) is 0 Å². The lowest BCUT2D eigenvalue weighted by Crippen LogP contribution is -2.28. The van der Waals surface area contributed by atoms with Crippen molar-refractivity contribution in [2.75, 3.05) is 33.0 Å². The van der Waals surface area contributed by atoms with Crippen LogP contribution in [0.25, 0.3) is 0 Å². The molecule has 322 valence electrons. The maximum Gasteiger partial charge on any atom is 0.472 e. The second-order valence-corrected chi connectivity index (χ2v) is 16.3. The van der Waals surface area contributed by atoms with Crippen molar-refractivity contribution in [3.8, 4) is 0 Å². The van der Waals surface area contributed by atoms with Gasteiger partial charge in [-0.05, 0) is 51.4 Å². The first-order valence-corrected chi connectivity index (χ1v) is 24.1. The monoisotopic (exact) mass is 796 g/mol.